The van der Waals surface area contributed by atoms with Gasteiger partial charge in [0.25, 0.3) is 11.5 Å². The maximum Gasteiger partial charge on any atom is 0.267 e. The number of rotatable bonds is 6. The van der Waals surface area contributed by atoms with Crippen LogP contribution in [0.5, 0.6) is 5.75 Å². The summed E-state index contributed by atoms with van der Waals surface area (Å²) in [5, 5.41) is 10.2. The minimum Gasteiger partial charge on any atom is -0.507 e. The molecule has 5 heteroatoms. The molecule has 0 saturated carbocycles. The summed E-state index contributed by atoms with van der Waals surface area (Å²) in [5.41, 5.74) is 8.21. The largest absolute Gasteiger partial charge is 0.507 e. The molecule has 138 valence electrons. The Labute approximate surface area is 157 Å². The summed E-state index contributed by atoms with van der Waals surface area (Å²) in [6.07, 6.45) is 1.27. The molecule has 27 heavy (non-hydrogen) atoms. The quantitative estimate of drug-likeness (QED) is 0.707. The lowest BCUT2D eigenvalue weighted by molar-refractivity contribution is 0.0995. The number of carbonyl (C=O) groups excluding carboxylic acids is 1. The smallest absolute Gasteiger partial charge is 0.267 e. The SMILES string of the molecule is Cc1ccc(Cn2c(CCc3ccccc3)cc(O)c(C(N)=O)c2=O)cc1. The zero-order valence-corrected chi connectivity index (χ0v) is 15.2. The van der Waals surface area contributed by atoms with Gasteiger partial charge in [0.1, 0.15) is 11.3 Å². The van der Waals surface area contributed by atoms with Crippen molar-refractivity contribution in [2.45, 2.75) is 26.3 Å². The molecule has 5 nitrogen and oxygen atoms in total. The van der Waals surface area contributed by atoms with Crippen molar-refractivity contribution in [2.24, 2.45) is 5.73 Å². The maximum atomic E-state index is 12.8. The molecule has 0 spiro atoms. The first kappa shape index (κ1) is 18.5. The number of primary amides is 1. The van der Waals surface area contributed by atoms with Gasteiger partial charge in [-0.05, 0) is 30.9 Å². The molecular formula is C22H22N2O3. The number of hydrogen-bond acceptors (Lipinski definition) is 3. The second-order valence-corrected chi connectivity index (χ2v) is 6.62. The lowest BCUT2D eigenvalue weighted by Crippen LogP contribution is -2.32. The molecule has 1 heterocycles. The van der Waals surface area contributed by atoms with Crippen molar-refractivity contribution in [2.75, 3.05) is 0 Å². The van der Waals surface area contributed by atoms with Gasteiger partial charge in [0.15, 0.2) is 0 Å². The second kappa shape index (κ2) is 7.91. The number of pyridine rings is 1. The van der Waals surface area contributed by atoms with Crippen molar-refractivity contribution in [3.8, 4) is 5.75 Å². The molecule has 0 aliphatic carbocycles. The third kappa shape index (κ3) is 4.26. The molecule has 2 aromatic carbocycles. The molecule has 0 fully saturated rings. The Hall–Kier alpha value is -3.34. The average molecular weight is 362 g/mol. The summed E-state index contributed by atoms with van der Waals surface area (Å²) in [6, 6.07) is 19.2. The van der Waals surface area contributed by atoms with E-state index in [0.29, 0.717) is 25.1 Å². The van der Waals surface area contributed by atoms with Crippen LogP contribution in [0.25, 0.3) is 0 Å². The molecule has 0 atom stereocenters. The van der Waals surface area contributed by atoms with E-state index < -0.39 is 11.5 Å². The number of benzene rings is 2. The first-order valence-corrected chi connectivity index (χ1v) is 8.80. The van der Waals surface area contributed by atoms with Gasteiger partial charge >= 0.3 is 0 Å². The van der Waals surface area contributed by atoms with Crippen molar-refractivity contribution in [1.82, 2.24) is 4.57 Å². The summed E-state index contributed by atoms with van der Waals surface area (Å²) in [4.78, 5) is 24.5. The third-order valence-electron chi connectivity index (χ3n) is 4.59. The predicted molar refractivity (Wildman–Crippen MR) is 105 cm³/mol. The van der Waals surface area contributed by atoms with Gasteiger partial charge in [0.05, 0.1) is 6.54 Å². The summed E-state index contributed by atoms with van der Waals surface area (Å²) in [5.74, 6) is -1.29. The van der Waals surface area contributed by atoms with Crippen LogP contribution in [-0.2, 0) is 19.4 Å². The highest BCUT2D eigenvalue weighted by Gasteiger charge is 2.18. The van der Waals surface area contributed by atoms with E-state index in [0.717, 1.165) is 16.7 Å². The molecule has 0 bridgehead atoms. The molecule has 3 aromatic rings. The number of aryl methyl sites for hydroxylation is 3. The Morgan fingerprint density at radius 3 is 2.30 bits per heavy atom. The molecule has 1 aromatic heterocycles. The van der Waals surface area contributed by atoms with Gasteiger partial charge in [-0.2, -0.15) is 0 Å². The number of hydrogen-bond donors (Lipinski definition) is 2. The van der Waals surface area contributed by atoms with Gasteiger partial charge in [-0.15, -0.1) is 0 Å². The first-order valence-electron chi connectivity index (χ1n) is 8.80. The molecule has 1 amide bonds. The van der Waals surface area contributed by atoms with E-state index in [4.69, 9.17) is 5.73 Å². The topological polar surface area (TPSA) is 85.3 Å². The summed E-state index contributed by atoms with van der Waals surface area (Å²) >= 11 is 0. The lowest BCUT2D eigenvalue weighted by Gasteiger charge is -2.16. The van der Waals surface area contributed by atoms with E-state index in [2.05, 4.69) is 0 Å². The average Bonchev–Trinajstić information content (AvgIpc) is 2.64. The summed E-state index contributed by atoms with van der Waals surface area (Å²) < 4.78 is 1.52. The Morgan fingerprint density at radius 1 is 1.00 bits per heavy atom. The van der Waals surface area contributed by atoms with Crippen LogP contribution >= 0.6 is 0 Å². The molecule has 3 rings (SSSR count). The van der Waals surface area contributed by atoms with E-state index >= 15 is 0 Å². The molecular weight excluding hydrogens is 340 g/mol. The van der Waals surface area contributed by atoms with E-state index in [-0.39, 0.29) is 11.3 Å². The second-order valence-electron chi connectivity index (χ2n) is 6.62. The van der Waals surface area contributed by atoms with E-state index in [1.165, 1.54) is 10.6 Å². The van der Waals surface area contributed by atoms with Crippen LogP contribution in [0.1, 0.15) is 32.7 Å². The fourth-order valence-corrected chi connectivity index (χ4v) is 3.09. The van der Waals surface area contributed by atoms with E-state index in [1.807, 2.05) is 61.5 Å². The zero-order valence-electron chi connectivity index (χ0n) is 15.2. The Balaban J connectivity index is 2.01. The van der Waals surface area contributed by atoms with E-state index in [1.54, 1.807) is 0 Å². The molecule has 3 N–H and O–H groups in total. The minimum atomic E-state index is -0.926. The number of nitrogens with zero attached hydrogens (tertiary/aromatic N) is 1. The highest BCUT2D eigenvalue weighted by molar-refractivity contribution is 5.95. The monoisotopic (exact) mass is 362 g/mol. The van der Waals surface area contributed by atoms with Crippen LogP contribution in [0.15, 0.2) is 65.5 Å². The summed E-state index contributed by atoms with van der Waals surface area (Å²) in [6.45, 7) is 2.30. The highest BCUT2D eigenvalue weighted by Crippen LogP contribution is 2.18. The van der Waals surface area contributed by atoms with Crippen LogP contribution in [0.3, 0.4) is 0 Å². The van der Waals surface area contributed by atoms with Gasteiger partial charge in [0.2, 0.25) is 0 Å². The molecule has 0 radical (unpaired) electrons. The fraction of sp³-hybridized carbons (Fsp3) is 0.182. The third-order valence-corrected chi connectivity index (χ3v) is 4.59. The Bertz CT molecular complexity index is 1010. The summed E-state index contributed by atoms with van der Waals surface area (Å²) in [7, 11) is 0. The van der Waals surface area contributed by atoms with Gasteiger partial charge < -0.3 is 15.4 Å². The molecule has 0 aliphatic rings. The lowest BCUT2D eigenvalue weighted by atomic mass is 10.1. The van der Waals surface area contributed by atoms with Crippen LogP contribution in [0.4, 0.5) is 0 Å². The number of carbonyl (C=O) groups is 1. The van der Waals surface area contributed by atoms with Crippen LogP contribution < -0.4 is 11.3 Å². The number of nitrogens with two attached hydrogens (primary N) is 1. The van der Waals surface area contributed by atoms with Crippen molar-refractivity contribution in [3.63, 3.8) is 0 Å². The van der Waals surface area contributed by atoms with Gasteiger partial charge in [-0.25, -0.2) is 0 Å². The predicted octanol–water partition coefficient (Wildman–Crippen LogP) is 2.79. The molecule has 0 aliphatic heterocycles. The first-order chi connectivity index (χ1) is 13.0. The zero-order chi connectivity index (χ0) is 19.4. The van der Waals surface area contributed by atoms with Gasteiger partial charge in [0, 0.05) is 11.8 Å². The van der Waals surface area contributed by atoms with Crippen LogP contribution in [0, 0.1) is 6.92 Å². The van der Waals surface area contributed by atoms with E-state index in [9.17, 15) is 14.7 Å². The number of amides is 1. The number of aromatic nitrogens is 1. The standard InChI is InChI=1S/C22H22N2O3/c1-15-7-9-17(10-8-15)14-24-18(12-11-16-5-3-2-4-6-16)13-19(25)20(21(23)26)22(24)27/h2-10,13,25H,11-12,14H2,1H3,(H2,23,26). The van der Waals surface area contributed by atoms with Crippen molar-refractivity contribution < 1.29 is 9.90 Å². The Kier molecular flexibility index (Phi) is 5.41. The molecule has 0 saturated heterocycles. The van der Waals surface area contributed by atoms with Crippen molar-refractivity contribution in [3.05, 3.63) is 99.0 Å². The minimum absolute atomic E-state index is 0.309. The van der Waals surface area contributed by atoms with Crippen LogP contribution in [0.2, 0.25) is 0 Å². The highest BCUT2D eigenvalue weighted by atomic mass is 16.3. The normalized spacial score (nSPS) is 10.7. The maximum absolute atomic E-state index is 12.8. The fourth-order valence-electron chi connectivity index (χ4n) is 3.09. The van der Waals surface area contributed by atoms with Crippen molar-refractivity contribution >= 4 is 5.91 Å². The van der Waals surface area contributed by atoms with Gasteiger partial charge in [-0.1, -0.05) is 60.2 Å². The number of aromatic hydroxyl groups is 1. The Morgan fingerprint density at radius 2 is 1.67 bits per heavy atom. The molecule has 0 unspecified atom stereocenters. The van der Waals surface area contributed by atoms with Gasteiger partial charge in [-0.3, -0.25) is 9.59 Å². The van der Waals surface area contributed by atoms with Crippen molar-refractivity contribution in [1.29, 1.82) is 0 Å². The van der Waals surface area contributed by atoms with Crippen LogP contribution in [-0.4, -0.2) is 15.6 Å².